The van der Waals surface area contributed by atoms with E-state index in [0.29, 0.717) is 18.2 Å². The average molecular weight is 487 g/mol. The van der Waals surface area contributed by atoms with Gasteiger partial charge in [-0.15, -0.1) is 0 Å². The summed E-state index contributed by atoms with van der Waals surface area (Å²) in [6.45, 7) is 6.06. The summed E-state index contributed by atoms with van der Waals surface area (Å²) in [5.41, 5.74) is 4.11. The first-order valence-corrected chi connectivity index (χ1v) is 12.1. The van der Waals surface area contributed by atoms with Crippen molar-refractivity contribution in [3.63, 3.8) is 0 Å². The smallest absolute Gasteiger partial charge is 0.326 e. The zero-order valence-electron chi connectivity index (χ0n) is 20.3. The molecular weight excluding hydrogens is 459 g/mol. The molecular formula is C27H27FN6O2. The normalized spacial score (nSPS) is 17.5. The number of aromatic nitrogens is 2. The molecule has 1 aliphatic carbocycles. The highest BCUT2D eigenvalue weighted by Gasteiger charge is 2.21. The van der Waals surface area contributed by atoms with E-state index in [1.54, 1.807) is 12.3 Å². The fourth-order valence-corrected chi connectivity index (χ4v) is 4.66. The number of fused-ring (bicyclic) bond motifs is 1. The van der Waals surface area contributed by atoms with E-state index in [4.69, 9.17) is 9.15 Å². The van der Waals surface area contributed by atoms with Crippen LogP contribution in [0.25, 0.3) is 11.6 Å². The number of furan rings is 1. The Labute approximate surface area is 208 Å². The highest BCUT2D eigenvalue weighted by atomic mass is 19.1. The monoisotopic (exact) mass is 486 g/mol. The standard InChI is InChI=1S/C27H27FN6O2/c1-17-10-18-12-21(28)23(13-19(18)11-17)36-27-31-25(15-26(32-27)34-7-5-33(2)6-8-34)30-24-14-20(16-29-24)22-4-3-9-35-22/h3-4,9,11-15H,5-8,10,16H2,1-2H3,(H,29,30,31,32). The molecule has 0 bridgehead atoms. The zero-order chi connectivity index (χ0) is 24.6. The van der Waals surface area contributed by atoms with Gasteiger partial charge in [0, 0.05) is 37.8 Å². The van der Waals surface area contributed by atoms with Gasteiger partial charge in [-0.2, -0.15) is 9.97 Å². The van der Waals surface area contributed by atoms with E-state index in [1.807, 2.05) is 31.2 Å². The van der Waals surface area contributed by atoms with Gasteiger partial charge in [0.2, 0.25) is 0 Å². The number of amidine groups is 1. The number of ether oxygens (including phenoxy) is 1. The number of likely N-dealkylation sites (N-methyl/N-ethyl adjacent to an activating group) is 1. The third-order valence-corrected chi connectivity index (χ3v) is 6.61. The van der Waals surface area contributed by atoms with Crippen LogP contribution < -0.4 is 15.0 Å². The number of aliphatic imine (C=N–C) groups is 1. The maximum atomic E-state index is 14.9. The van der Waals surface area contributed by atoms with Crippen molar-refractivity contribution in [1.29, 1.82) is 0 Å². The molecule has 184 valence electrons. The largest absolute Gasteiger partial charge is 0.465 e. The van der Waals surface area contributed by atoms with E-state index in [2.05, 4.69) is 43.2 Å². The maximum Gasteiger partial charge on any atom is 0.326 e. The third-order valence-electron chi connectivity index (χ3n) is 6.61. The van der Waals surface area contributed by atoms with Crippen LogP contribution in [-0.2, 0) is 6.42 Å². The molecule has 0 spiro atoms. The SMILES string of the molecule is CC1=Cc2cc(Oc3nc(NC4=NCC(c5ccco5)=C4)cc(N4CCN(C)CC4)n3)c(F)cc2C1. The van der Waals surface area contributed by atoms with Crippen LogP contribution in [0.2, 0.25) is 0 Å². The Morgan fingerprint density at radius 3 is 2.75 bits per heavy atom. The maximum absolute atomic E-state index is 14.9. The number of hydrogen-bond acceptors (Lipinski definition) is 8. The van der Waals surface area contributed by atoms with Gasteiger partial charge in [0.05, 0.1) is 12.8 Å². The molecule has 4 heterocycles. The number of halogens is 1. The van der Waals surface area contributed by atoms with Crippen molar-refractivity contribution < 1.29 is 13.5 Å². The highest BCUT2D eigenvalue weighted by Crippen LogP contribution is 2.33. The van der Waals surface area contributed by atoms with Gasteiger partial charge in [-0.3, -0.25) is 4.99 Å². The number of rotatable bonds is 5. The zero-order valence-corrected chi connectivity index (χ0v) is 20.3. The molecule has 9 heteroatoms. The molecule has 3 aromatic rings. The molecule has 1 fully saturated rings. The molecule has 1 saturated heterocycles. The Kier molecular flexibility index (Phi) is 5.77. The second-order valence-electron chi connectivity index (χ2n) is 9.41. The van der Waals surface area contributed by atoms with E-state index in [1.165, 1.54) is 11.6 Å². The Morgan fingerprint density at radius 1 is 1.08 bits per heavy atom. The summed E-state index contributed by atoms with van der Waals surface area (Å²) in [6, 6.07) is 8.99. The molecule has 1 N–H and O–H groups in total. The quantitative estimate of drug-likeness (QED) is 0.564. The van der Waals surface area contributed by atoms with E-state index in [9.17, 15) is 4.39 Å². The van der Waals surface area contributed by atoms with Crippen molar-refractivity contribution in [1.82, 2.24) is 14.9 Å². The average Bonchev–Trinajstić information content (AvgIpc) is 3.60. The summed E-state index contributed by atoms with van der Waals surface area (Å²) >= 11 is 0. The second kappa shape index (κ2) is 9.23. The van der Waals surface area contributed by atoms with Crippen molar-refractivity contribution in [3.8, 4) is 11.8 Å². The van der Waals surface area contributed by atoms with E-state index >= 15 is 0 Å². The third kappa shape index (κ3) is 4.61. The molecule has 0 atom stereocenters. The summed E-state index contributed by atoms with van der Waals surface area (Å²) in [5, 5.41) is 3.27. The Morgan fingerprint density at radius 2 is 1.94 bits per heavy atom. The molecule has 1 aromatic carbocycles. The van der Waals surface area contributed by atoms with Crippen LogP contribution >= 0.6 is 0 Å². The van der Waals surface area contributed by atoms with Crippen molar-refractivity contribution in [3.05, 3.63) is 70.9 Å². The van der Waals surface area contributed by atoms with E-state index in [0.717, 1.165) is 60.9 Å². The lowest BCUT2D eigenvalue weighted by Gasteiger charge is -2.33. The van der Waals surface area contributed by atoms with E-state index < -0.39 is 5.82 Å². The minimum Gasteiger partial charge on any atom is -0.465 e. The molecule has 0 radical (unpaired) electrons. The lowest BCUT2D eigenvalue weighted by atomic mass is 10.1. The van der Waals surface area contributed by atoms with Crippen molar-refractivity contribution in [2.45, 2.75) is 13.3 Å². The number of anilines is 2. The van der Waals surface area contributed by atoms with Gasteiger partial charge in [-0.25, -0.2) is 4.39 Å². The number of allylic oxidation sites excluding steroid dienone is 1. The number of nitrogens with zero attached hydrogens (tertiary/aromatic N) is 5. The van der Waals surface area contributed by atoms with Gasteiger partial charge in [0.1, 0.15) is 23.2 Å². The minimum absolute atomic E-state index is 0.0836. The summed E-state index contributed by atoms with van der Waals surface area (Å²) in [4.78, 5) is 18.2. The fraction of sp³-hybridized carbons (Fsp3) is 0.296. The van der Waals surface area contributed by atoms with Crippen molar-refractivity contribution in [2.24, 2.45) is 4.99 Å². The second-order valence-corrected chi connectivity index (χ2v) is 9.41. The molecule has 0 amide bonds. The van der Waals surface area contributed by atoms with Crippen LogP contribution in [0.1, 0.15) is 23.8 Å². The van der Waals surface area contributed by atoms with Gasteiger partial charge in [0.15, 0.2) is 11.6 Å². The molecule has 0 saturated carbocycles. The first kappa shape index (κ1) is 22.5. The van der Waals surface area contributed by atoms with Crippen LogP contribution in [0.3, 0.4) is 0 Å². The molecule has 2 aliphatic heterocycles. The summed E-state index contributed by atoms with van der Waals surface area (Å²) in [5.74, 6) is 2.39. The minimum atomic E-state index is -0.425. The summed E-state index contributed by atoms with van der Waals surface area (Å²) < 4.78 is 26.3. The molecule has 6 rings (SSSR count). The van der Waals surface area contributed by atoms with Gasteiger partial charge in [0.25, 0.3) is 0 Å². The van der Waals surface area contributed by atoms with Crippen LogP contribution in [0.15, 0.2) is 57.7 Å². The summed E-state index contributed by atoms with van der Waals surface area (Å²) in [7, 11) is 2.10. The molecule has 8 nitrogen and oxygen atoms in total. The number of piperazine rings is 1. The molecule has 0 unspecified atom stereocenters. The first-order chi connectivity index (χ1) is 17.5. The molecule has 2 aromatic heterocycles. The van der Waals surface area contributed by atoms with E-state index in [-0.39, 0.29) is 11.8 Å². The first-order valence-electron chi connectivity index (χ1n) is 12.1. The Hall–Kier alpha value is -3.98. The Bertz CT molecular complexity index is 1390. The van der Waals surface area contributed by atoms with Crippen molar-refractivity contribution in [2.75, 3.05) is 50.0 Å². The van der Waals surface area contributed by atoms with Crippen LogP contribution in [0.5, 0.6) is 11.8 Å². The number of hydrogen-bond donors (Lipinski definition) is 1. The summed E-state index contributed by atoms with van der Waals surface area (Å²) in [6.07, 6.45) is 6.39. The predicted octanol–water partition coefficient (Wildman–Crippen LogP) is 4.62. The lowest BCUT2D eigenvalue weighted by molar-refractivity contribution is 0.311. The van der Waals surface area contributed by atoms with Crippen LogP contribution in [-0.4, -0.2) is 60.5 Å². The predicted molar refractivity (Wildman–Crippen MR) is 138 cm³/mol. The van der Waals surface area contributed by atoms with Gasteiger partial charge in [-0.05, 0) is 61.9 Å². The fourth-order valence-electron chi connectivity index (χ4n) is 4.66. The molecule has 36 heavy (non-hydrogen) atoms. The van der Waals surface area contributed by atoms with Gasteiger partial charge < -0.3 is 24.3 Å². The number of benzene rings is 1. The number of nitrogens with one attached hydrogen (secondary N) is 1. The molecule has 3 aliphatic rings. The van der Waals surface area contributed by atoms with Gasteiger partial charge in [-0.1, -0.05) is 11.6 Å². The van der Waals surface area contributed by atoms with Crippen LogP contribution in [0.4, 0.5) is 16.0 Å². The van der Waals surface area contributed by atoms with Crippen LogP contribution in [0, 0.1) is 5.82 Å². The topological polar surface area (TPSA) is 79.0 Å². The van der Waals surface area contributed by atoms with Crippen molar-refractivity contribution >= 4 is 29.1 Å². The van der Waals surface area contributed by atoms with Gasteiger partial charge >= 0.3 is 6.01 Å². The highest BCUT2D eigenvalue weighted by molar-refractivity contribution is 6.10. The lowest BCUT2D eigenvalue weighted by Crippen LogP contribution is -2.44. The Balaban J connectivity index is 1.30.